The van der Waals surface area contributed by atoms with Gasteiger partial charge in [0.1, 0.15) is 12.2 Å². The molecular weight excluding hydrogens is 370 g/mol. The quantitative estimate of drug-likeness (QED) is 0.794. The van der Waals surface area contributed by atoms with E-state index in [1.54, 1.807) is 7.05 Å². The van der Waals surface area contributed by atoms with Crippen molar-refractivity contribution in [3.63, 3.8) is 0 Å². The first-order chi connectivity index (χ1) is 12.3. The second kappa shape index (κ2) is 7.02. The van der Waals surface area contributed by atoms with Crippen LogP contribution in [0.4, 0.5) is 14.5 Å². The first-order valence-electron chi connectivity index (χ1n) is 7.91. The molecule has 1 aliphatic carbocycles. The second-order valence-electron chi connectivity index (χ2n) is 6.01. The molecular formula is C15H17ClF2N6O2. The summed E-state index contributed by atoms with van der Waals surface area (Å²) < 4.78 is 28.7. The number of halogens is 3. The zero-order valence-electron chi connectivity index (χ0n) is 14.1. The molecule has 1 aliphatic rings. The summed E-state index contributed by atoms with van der Waals surface area (Å²) in [5.74, 6) is -0.943. The largest absolute Gasteiger partial charge is 0.354 e. The molecule has 140 valence electrons. The van der Waals surface area contributed by atoms with Gasteiger partial charge in [0, 0.05) is 26.2 Å². The number of rotatable bonds is 6. The summed E-state index contributed by atoms with van der Waals surface area (Å²) >= 11 is 6.03. The zero-order chi connectivity index (χ0) is 19.0. The lowest BCUT2D eigenvalue weighted by Gasteiger charge is -2.08. The summed E-state index contributed by atoms with van der Waals surface area (Å²) in [4.78, 5) is 24.2. The molecule has 0 aromatic carbocycles. The fraction of sp³-hybridized carbons (Fsp3) is 0.467. The topological polar surface area (TPSA) is 93.8 Å². The van der Waals surface area contributed by atoms with Gasteiger partial charge in [-0.25, -0.2) is 8.78 Å². The smallest absolute Gasteiger partial charge is 0.283 e. The number of aryl methyl sites for hydroxylation is 1. The number of alkyl halides is 2. The van der Waals surface area contributed by atoms with Gasteiger partial charge < -0.3 is 10.6 Å². The molecule has 2 amide bonds. The van der Waals surface area contributed by atoms with Crippen LogP contribution in [0.2, 0.25) is 5.02 Å². The summed E-state index contributed by atoms with van der Waals surface area (Å²) in [6.07, 6.45) is 0.297. The molecule has 2 N–H and O–H groups in total. The van der Waals surface area contributed by atoms with E-state index in [0.29, 0.717) is 5.69 Å². The van der Waals surface area contributed by atoms with Crippen molar-refractivity contribution in [2.45, 2.75) is 31.7 Å². The van der Waals surface area contributed by atoms with Crippen LogP contribution in [-0.4, -0.2) is 38.4 Å². The maximum atomic E-state index is 13.1. The van der Waals surface area contributed by atoms with E-state index in [4.69, 9.17) is 11.6 Å². The fourth-order valence-electron chi connectivity index (χ4n) is 2.67. The molecule has 0 aliphatic heterocycles. The monoisotopic (exact) mass is 386 g/mol. The van der Waals surface area contributed by atoms with E-state index in [-0.39, 0.29) is 28.9 Å². The van der Waals surface area contributed by atoms with Gasteiger partial charge in [0.15, 0.2) is 5.69 Å². The molecule has 1 saturated carbocycles. The molecule has 1 fully saturated rings. The summed E-state index contributed by atoms with van der Waals surface area (Å²) in [6, 6.07) is 0. The first kappa shape index (κ1) is 18.3. The molecule has 0 saturated heterocycles. The van der Waals surface area contributed by atoms with Gasteiger partial charge in [-0.1, -0.05) is 11.6 Å². The van der Waals surface area contributed by atoms with Crippen molar-refractivity contribution >= 4 is 29.1 Å². The Bertz CT molecular complexity index is 859. The number of nitrogens with zero attached hydrogens (tertiary/aromatic N) is 4. The molecule has 0 spiro atoms. The van der Waals surface area contributed by atoms with Gasteiger partial charge in [-0.15, -0.1) is 0 Å². The van der Waals surface area contributed by atoms with Crippen molar-refractivity contribution < 1.29 is 18.4 Å². The SMILES string of the molecule is CNC(=O)c1nn(C)cc1NC(=O)Cn1nc(C(F)F)c(Cl)c1C1CC1. The van der Waals surface area contributed by atoms with Gasteiger partial charge >= 0.3 is 0 Å². The van der Waals surface area contributed by atoms with E-state index in [1.807, 2.05) is 0 Å². The first-order valence-corrected chi connectivity index (χ1v) is 8.29. The van der Waals surface area contributed by atoms with Crippen molar-refractivity contribution in [3.8, 4) is 0 Å². The van der Waals surface area contributed by atoms with Gasteiger partial charge in [-0.3, -0.25) is 19.0 Å². The number of hydrogen-bond donors (Lipinski definition) is 2. The standard InChI is InChI=1S/C15H17ClF2N6O2/c1-19-15(26)11-8(5-23(2)21-11)20-9(25)6-24-13(7-3-4-7)10(16)12(22-24)14(17)18/h5,7,14H,3-4,6H2,1-2H3,(H,19,26)(H,20,25). The molecule has 26 heavy (non-hydrogen) atoms. The average molecular weight is 387 g/mol. The van der Waals surface area contributed by atoms with Crippen molar-refractivity contribution in [2.24, 2.45) is 7.05 Å². The van der Waals surface area contributed by atoms with Crippen LogP contribution >= 0.6 is 11.6 Å². The number of carbonyl (C=O) groups is 2. The number of hydrogen-bond acceptors (Lipinski definition) is 4. The molecule has 2 aromatic rings. The van der Waals surface area contributed by atoms with Gasteiger partial charge in [0.05, 0.1) is 16.4 Å². The number of aromatic nitrogens is 4. The average Bonchev–Trinajstić information content (AvgIpc) is 3.26. The predicted octanol–water partition coefficient (Wildman–Crippen LogP) is 2.08. The molecule has 0 atom stereocenters. The van der Waals surface area contributed by atoms with E-state index >= 15 is 0 Å². The highest BCUT2D eigenvalue weighted by Gasteiger charge is 2.34. The minimum Gasteiger partial charge on any atom is -0.354 e. The maximum Gasteiger partial charge on any atom is 0.283 e. The third-order valence-electron chi connectivity index (χ3n) is 3.97. The lowest BCUT2D eigenvalue weighted by atomic mass is 10.2. The minimum absolute atomic E-state index is 0.0372. The van der Waals surface area contributed by atoms with Crippen LogP contribution in [0.15, 0.2) is 6.20 Å². The van der Waals surface area contributed by atoms with E-state index in [1.165, 1.54) is 22.6 Å². The van der Waals surface area contributed by atoms with Crippen LogP contribution in [-0.2, 0) is 18.4 Å². The van der Waals surface area contributed by atoms with Crippen LogP contribution in [0.3, 0.4) is 0 Å². The Labute approximate surface area is 152 Å². The van der Waals surface area contributed by atoms with Gasteiger partial charge in [-0.2, -0.15) is 10.2 Å². The third-order valence-corrected chi connectivity index (χ3v) is 4.35. The molecule has 3 rings (SSSR count). The van der Waals surface area contributed by atoms with Crippen LogP contribution in [0.1, 0.15) is 47.1 Å². The number of carbonyl (C=O) groups excluding carboxylic acids is 2. The number of anilines is 1. The molecule has 2 aromatic heterocycles. The van der Waals surface area contributed by atoms with Crippen LogP contribution in [0, 0.1) is 0 Å². The summed E-state index contributed by atoms with van der Waals surface area (Å²) in [5, 5.41) is 12.7. The minimum atomic E-state index is -2.82. The number of amides is 2. The highest BCUT2D eigenvalue weighted by molar-refractivity contribution is 6.32. The molecule has 0 unspecified atom stereocenters. The number of nitrogens with one attached hydrogen (secondary N) is 2. The molecule has 8 nitrogen and oxygen atoms in total. The van der Waals surface area contributed by atoms with Crippen molar-refractivity contribution in [1.82, 2.24) is 24.9 Å². The van der Waals surface area contributed by atoms with E-state index in [2.05, 4.69) is 20.8 Å². The third kappa shape index (κ3) is 3.55. The van der Waals surface area contributed by atoms with Crippen LogP contribution in [0.25, 0.3) is 0 Å². The van der Waals surface area contributed by atoms with Crippen LogP contribution < -0.4 is 10.6 Å². The second-order valence-corrected chi connectivity index (χ2v) is 6.39. The Balaban J connectivity index is 1.81. The van der Waals surface area contributed by atoms with Crippen molar-refractivity contribution in [2.75, 3.05) is 12.4 Å². The summed E-state index contributed by atoms with van der Waals surface area (Å²) in [6.45, 7) is -0.291. The Morgan fingerprint density at radius 3 is 2.65 bits per heavy atom. The fourth-order valence-corrected chi connectivity index (χ4v) is 3.04. The van der Waals surface area contributed by atoms with E-state index < -0.39 is 23.9 Å². The normalized spacial score (nSPS) is 13.9. The lowest BCUT2D eigenvalue weighted by Crippen LogP contribution is -2.24. The Morgan fingerprint density at radius 2 is 2.08 bits per heavy atom. The van der Waals surface area contributed by atoms with Crippen molar-refractivity contribution in [1.29, 1.82) is 0 Å². The molecule has 11 heteroatoms. The highest BCUT2D eigenvalue weighted by Crippen LogP contribution is 2.45. The zero-order valence-corrected chi connectivity index (χ0v) is 14.8. The van der Waals surface area contributed by atoms with Gasteiger partial charge in [0.25, 0.3) is 12.3 Å². The van der Waals surface area contributed by atoms with Crippen molar-refractivity contribution in [3.05, 3.63) is 28.3 Å². The van der Waals surface area contributed by atoms with Gasteiger partial charge in [-0.05, 0) is 12.8 Å². The highest BCUT2D eigenvalue weighted by atomic mass is 35.5. The Kier molecular flexibility index (Phi) is 4.94. The summed E-state index contributed by atoms with van der Waals surface area (Å²) in [5.41, 5.74) is 0.207. The molecule has 0 bridgehead atoms. The molecule has 2 heterocycles. The van der Waals surface area contributed by atoms with Crippen LogP contribution in [0.5, 0.6) is 0 Å². The van der Waals surface area contributed by atoms with E-state index in [0.717, 1.165) is 12.8 Å². The predicted molar refractivity (Wildman–Crippen MR) is 89.4 cm³/mol. The summed E-state index contributed by atoms with van der Waals surface area (Å²) in [7, 11) is 3.05. The van der Waals surface area contributed by atoms with E-state index in [9.17, 15) is 18.4 Å². The van der Waals surface area contributed by atoms with Gasteiger partial charge in [0.2, 0.25) is 5.91 Å². The Morgan fingerprint density at radius 1 is 1.38 bits per heavy atom. The lowest BCUT2D eigenvalue weighted by molar-refractivity contribution is -0.117. The Hall–Kier alpha value is -2.49. The molecule has 0 radical (unpaired) electrons. The maximum absolute atomic E-state index is 13.1.